The zero-order chi connectivity index (χ0) is 27.5. The first-order valence-corrected chi connectivity index (χ1v) is 13.4. The summed E-state index contributed by atoms with van der Waals surface area (Å²) in [5.41, 5.74) is 4.20. The molecule has 0 bridgehead atoms. The molecule has 1 amide bonds. The van der Waals surface area contributed by atoms with E-state index in [0.717, 1.165) is 37.1 Å². The Hall–Kier alpha value is -4.41. The number of fused-ring (bicyclic) bond motifs is 2. The van der Waals surface area contributed by atoms with Crippen molar-refractivity contribution in [3.63, 3.8) is 0 Å². The zero-order valence-corrected chi connectivity index (χ0v) is 22.5. The molecule has 11 heteroatoms. The molecule has 0 unspecified atom stereocenters. The van der Waals surface area contributed by atoms with Gasteiger partial charge in [-0.3, -0.25) is 19.9 Å². The number of nitrogens with zero attached hydrogens (tertiary/aromatic N) is 6. The number of H-pyrrole nitrogens is 2. The van der Waals surface area contributed by atoms with E-state index in [2.05, 4.69) is 45.3 Å². The highest BCUT2D eigenvalue weighted by Gasteiger charge is 2.23. The van der Waals surface area contributed by atoms with Crippen molar-refractivity contribution in [2.45, 2.75) is 47.0 Å². The number of halogens is 1. The Morgan fingerprint density at radius 2 is 1.87 bits per heavy atom. The fourth-order valence-corrected chi connectivity index (χ4v) is 4.68. The minimum atomic E-state index is -0.556. The van der Waals surface area contributed by atoms with Crippen LogP contribution in [0.3, 0.4) is 0 Å². The molecule has 1 aliphatic heterocycles. The molecular weight excluding hydrogens is 497 g/mol. The Bertz CT molecular complexity index is 1620. The standard InChI is InChI=1S/C26H26FN9O.C2H6/c1-14(2)26(37)31-16-10-15(11-28-12-16)21-20(27)19-17(13-30-21)34-35-23(19)25-32-22-18(6-7-29-24(22)33-25)36-8-4-3-5-9-36;1-2/h6-7,10-14H,3-5,8-9H2,1-2H3,(H,31,37)(H,34,35)(H,29,32,33);1-2H3. The van der Waals surface area contributed by atoms with Crippen LogP contribution in [0.5, 0.6) is 0 Å². The summed E-state index contributed by atoms with van der Waals surface area (Å²) in [5.74, 6) is -0.482. The van der Waals surface area contributed by atoms with Crippen LogP contribution in [-0.4, -0.2) is 54.1 Å². The van der Waals surface area contributed by atoms with Crippen LogP contribution < -0.4 is 10.2 Å². The van der Waals surface area contributed by atoms with Gasteiger partial charge in [-0.05, 0) is 31.4 Å². The van der Waals surface area contributed by atoms with Crippen LogP contribution in [0.15, 0.2) is 36.9 Å². The molecule has 39 heavy (non-hydrogen) atoms. The average molecular weight is 530 g/mol. The molecule has 1 saturated heterocycles. The molecule has 6 heterocycles. The van der Waals surface area contributed by atoms with Crippen molar-refractivity contribution in [2.75, 3.05) is 23.3 Å². The number of hydrogen-bond acceptors (Lipinski definition) is 7. The van der Waals surface area contributed by atoms with E-state index in [9.17, 15) is 4.79 Å². The van der Waals surface area contributed by atoms with E-state index >= 15 is 4.39 Å². The average Bonchev–Trinajstić information content (AvgIpc) is 3.60. The highest BCUT2D eigenvalue weighted by atomic mass is 19.1. The van der Waals surface area contributed by atoms with Crippen molar-refractivity contribution in [1.29, 1.82) is 0 Å². The first-order valence-electron chi connectivity index (χ1n) is 13.4. The highest BCUT2D eigenvalue weighted by Crippen LogP contribution is 2.34. The van der Waals surface area contributed by atoms with E-state index in [1.54, 1.807) is 26.1 Å². The fraction of sp³-hybridized carbons (Fsp3) is 0.357. The third-order valence-electron chi connectivity index (χ3n) is 6.64. The van der Waals surface area contributed by atoms with Gasteiger partial charge in [0, 0.05) is 37.0 Å². The molecule has 0 atom stereocenters. The van der Waals surface area contributed by atoms with Crippen molar-refractivity contribution < 1.29 is 9.18 Å². The van der Waals surface area contributed by atoms with E-state index in [0.29, 0.717) is 33.9 Å². The number of imidazole rings is 1. The minimum absolute atomic E-state index is 0.103. The van der Waals surface area contributed by atoms with Crippen LogP contribution in [0.2, 0.25) is 0 Å². The molecule has 0 aliphatic carbocycles. The summed E-state index contributed by atoms with van der Waals surface area (Å²) < 4.78 is 16.0. The van der Waals surface area contributed by atoms with E-state index in [-0.39, 0.29) is 22.9 Å². The number of nitrogens with one attached hydrogen (secondary N) is 3. The van der Waals surface area contributed by atoms with Gasteiger partial charge in [-0.25, -0.2) is 14.4 Å². The molecule has 6 rings (SSSR count). The Balaban J connectivity index is 0.00000151. The van der Waals surface area contributed by atoms with Crippen LogP contribution in [0.25, 0.3) is 44.8 Å². The first kappa shape index (κ1) is 26.2. The third-order valence-corrected chi connectivity index (χ3v) is 6.64. The molecule has 0 saturated carbocycles. The van der Waals surface area contributed by atoms with Gasteiger partial charge >= 0.3 is 0 Å². The Kier molecular flexibility index (Phi) is 7.49. The summed E-state index contributed by atoms with van der Waals surface area (Å²) >= 11 is 0. The van der Waals surface area contributed by atoms with Crippen molar-refractivity contribution in [3.8, 4) is 22.8 Å². The predicted octanol–water partition coefficient (Wildman–Crippen LogP) is 5.71. The van der Waals surface area contributed by atoms with Crippen molar-refractivity contribution in [3.05, 3.63) is 42.7 Å². The lowest BCUT2D eigenvalue weighted by molar-refractivity contribution is -0.118. The highest BCUT2D eigenvalue weighted by molar-refractivity contribution is 5.97. The summed E-state index contributed by atoms with van der Waals surface area (Å²) in [6, 6.07) is 3.64. The lowest BCUT2D eigenvalue weighted by Gasteiger charge is -2.28. The molecule has 1 fully saturated rings. The summed E-state index contributed by atoms with van der Waals surface area (Å²) in [6.45, 7) is 9.55. The zero-order valence-electron chi connectivity index (χ0n) is 22.5. The SMILES string of the molecule is CC.CC(C)C(=O)Nc1cncc(-c2ncc3[nH]nc(-c4nc5nccc(N6CCCCC6)c5[nH]4)c3c2F)c1. The minimum Gasteiger partial charge on any atom is -0.370 e. The molecule has 1 aliphatic rings. The maximum Gasteiger partial charge on any atom is 0.226 e. The van der Waals surface area contributed by atoms with Gasteiger partial charge in [0.2, 0.25) is 5.91 Å². The normalized spacial score (nSPS) is 13.5. The maximum atomic E-state index is 16.0. The lowest BCUT2D eigenvalue weighted by atomic mass is 10.1. The second kappa shape index (κ2) is 11.1. The molecule has 5 aromatic rings. The molecule has 3 N–H and O–H groups in total. The van der Waals surface area contributed by atoms with E-state index in [1.165, 1.54) is 25.0 Å². The lowest BCUT2D eigenvalue weighted by Crippen LogP contribution is -2.29. The van der Waals surface area contributed by atoms with Crippen LogP contribution in [-0.2, 0) is 4.79 Å². The van der Waals surface area contributed by atoms with Gasteiger partial charge in [-0.15, -0.1) is 0 Å². The molecule has 0 radical (unpaired) electrons. The number of carbonyl (C=O) groups excluding carboxylic acids is 1. The van der Waals surface area contributed by atoms with E-state index in [1.807, 2.05) is 19.9 Å². The van der Waals surface area contributed by atoms with Crippen LogP contribution >= 0.6 is 0 Å². The Morgan fingerprint density at radius 1 is 1.08 bits per heavy atom. The number of rotatable bonds is 5. The Morgan fingerprint density at radius 3 is 2.64 bits per heavy atom. The smallest absolute Gasteiger partial charge is 0.226 e. The van der Waals surface area contributed by atoms with Gasteiger partial charge in [-0.1, -0.05) is 27.7 Å². The maximum absolute atomic E-state index is 16.0. The van der Waals surface area contributed by atoms with Gasteiger partial charge in [0.1, 0.15) is 16.9 Å². The fourth-order valence-electron chi connectivity index (χ4n) is 4.68. The number of piperidine rings is 1. The summed E-state index contributed by atoms with van der Waals surface area (Å²) in [6.07, 6.45) is 9.84. The third kappa shape index (κ3) is 5.04. The topological polar surface area (TPSA) is 128 Å². The monoisotopic (exact) mass is 529 g/mol. The van der Waals surface area contributed by atoms with Gasteiger partial charge < -0.3 is 15.2 Å². The van der Waals surface area contributed by atoms with Gasteiger partial charge in [0.25, 0.3) is 0 Å². The summed E-state index contributed by atoms with van der Waals surface area (Å²) in [4.78, 5) is 35.3. The first-order chi connectivity index (χ1) is 19.0. The number of anilines is 2. The largest absolute Gasteiger partial charge is 0.370 e. The summed E-state index contributed by atoms with van der Waals surface area (Å²) in [7, 11) is 0. The van der Waals surface area contributed by atoms with Gasteiger partial charge in [0.15, 0.2) is 17.3 Å². The number of amides is 1. The van der Waals surface area contributed by atoms with E-state index < -0.39 is 5.82 Å². The number of hydrogen-bond donors (Lipinski definition) is 3. The second-order valence-electron chi connectivity index (χ2n) is 9.55. The van der Waals surface area contributed by atoms with Crippen molar-refractivity contribution in [2.24, 2.45) is 5.92 Å². The molecular formula is C28H32FN9O. The number of pyridine rings is 3. The molecule has 202 valence electrons. The van der Waals surface area contributed by atoms with Gasteiger partial charge in [0.05, 0.1) is 34.7 Å². The molecule has 10 nitrogen and oxygen atoms in total. The van der Waals surface area contributed by atoms with Crippen LogP contribution in [0.1, 0.15) is 47.0 Å². The van der Waals surface area contributed by atoms with Crippen molar-refractivity contribution in [1.82, 2.24) is 35.1 Å². The Labute approximate surface area is 225 Å². The quantitative estimate of drug-likeness (QED) is 0.266. The number of aromatic nitrogens is 7. The van der Waals surface area contributed by atoms with Crippen LogP contribution in [0, 0.1) is 11.7 Å². The number of carbonyl (C=O) groups is 1. The van der Waals surface area contributed by atoms with Crippen molar-refractivity contribution >= 4 is 39.3 Å². The van der Waals surface area contributed by atoms with E-state index in [4.69, 9.17) is 0 Å². The summed E-state index contributed by atoms with van der Waals surface area (Å²) in [5, 5.41) is 10.3. The number of aromatic amines is 2. The molecule has 5 aromatic heterocycles. The predicted molar refractivity (Wildman–Crippen MR) is 151 cm³/mol. The molecule has 0 aromatic carbocycles. The van der Waals surface area contributed by atoms with Gasteiger partial charge in [-0.2, -0.15) is 5.10 Å². The second-order valence-corrected chi connectivity index (χ2v) is 9.55. The molecule has 0 spiro atoms. The van der Waals surface area contributed by atoms with Crippen LogP contribution in [0.4, 0.5) is 15.8 Å².